The predicted octanol–water partition coefficient (Wildman–Crippen LogP) is 1.12. The number of hydrogen-bond donors (Lipinski definition) is 1. The van der Waals surface area contributed by atoms with E-state index >= 15 is 0 Å². The summed E-state index contributed by atoms with van der Waals surface area (Å²) in [6.07, 6.45) is 4.58. The highest BCUT2D eigenvalue weighted by Crippen LogP contribution is 2.23. The van der Waals surface area contributed by atoms with Gasteiger partial charge in [-0.3, -0.25) is 4.68 Å². The number of likely N-dealkylation sites (tertiary alicyclic amines) is 1. The Morgan fingerprint density at radius 2 is 2.16 bits per heavy atom. The van der Waals surface area contributed by atoms with E-state index < -0.39 is 0 Å². The molecule has 0 amide bonds. The fraction of sp³-hybridized carbons (Fsp3) is 0.615. The average molecular weight is 260 g/mol. The van der Waals surface area contributed by atoms with Gasteiger partial charge in [-0.15, -0.1) is 0 Å². The van der Waals surface area contributed by atoms with Gasteiger partial charge in [0.25, 0.3) is 0 Å². The molecule has 0 aliphatic carbocycles. The fourth-order valence-corrected chi connectivity index (χ4v) is 2.82. The number of anilines is 1. The third-order valence-corrected chi connectivity index (χ3v) is 3.96. The lowest BCUT2D eigenvalue weighted by molar-refractivity contribution is 0.206. The molecule has 1 saturated heterocycles. The van der Waals surface area contributed by atoms with Crippen molar-refractivity contribution in [3.05, 3.63) is 12.5 Å². The van der Waals surface area contributed by atoms with Crippen LogP contribution in [-0.4, -0.2) is 50.8 Å². The number of hydrogen-bond acceptors (Lipinski definition) is 5. The lowest BCUT2D eigenvalue weighted by Crippen LogP contribution is -2.43. The summed E-state index contributed by atoms with van der Waals surface area (Å²) in [5.41, 5.74) is 0.873. The van der Waals surface area contributed by atoms with Crippen LogP contribution >= 0.6 is 0 Å². The maximum Gasteiger partial charge on any atom is 0.163 e. The first-order valence-corrected chi connectivity index (χ1v) is 6.73. The van der Waals surface area contributed by atoms with E-state index in [4.69, 9.17) is 0 Å². The number of aromatic nitrogens is 4. The van der Waals surface area contributed by atoms with E-state index in [0.717, 1.165) is 36.4 Å². The number of aryl methyl sites for hydroxylation is 1. The first kappa shape index (κ1) is 12.3. The molecule has 1 fully saturated rings. The zero-order chi connectivity index (χ0) is 13.4. The third-order valence-electron chi connectivity index (χ3n) is 3.96. The summed E-state index contributed by atoms with van der Waals surface area (Å²) in [6.45, 7) is 4.54. The number of piperidine rings is 1. The molecule has 2 atom stereocenters. The molecule has 102 valence electrons. The Kier molecular flexibility index (Phi) is 3.10. The summed E-state index contributed by atoms with van der Waals surface area (Å²) in [4.78, 5) is 11.0. The molecule has 0 saturated carbocycles. The Labute approximate surface area is 112 Å². The van der Waals surface area contributed by atoms with E-state index in [0.29, 0.717) is 12.0 Å². The highest BCUT2D eigenvalue weighted by Gasteiger charge is 2.25. The van der Waals surface area contributed by atoms with E-state index in [2.05, 4.69) is 39.3 Å². The van der Waals surface area contributed by atoms with Gasteiger partial charge in [-0.2, -0.15) is 5.10 Å². The molecule has 0 bridgehead atoms. The predicted molar refractivity (Wildman–Crippen MR) is 75.0 cm³/mol. The third kappa shape index (κ3) is 2.28. The molecule has 2 aromatic heterocycles. The molecule has 3 rings (SSSR count). The first-order valence-electron chi connectivity index (χ1n) is 6.73. The molecule has 2 aromatic rings. The van der Waals surface area contributed by atoms with Gasteiger partial charge in [-0.1, -0.05) is 6.92 Å². The quantitative estimate of drug-likeness (QED) is 0.876. The van der Waals surface area contributed by atoms with Crippen molar-refractivity contribution in [2.45, 2.75) is 19.4 Å². The van der Waals surface area contributed by atoms with Gasteiger partial charge in [0.05, 0.1) is 11.6 Å². The van der Waals surface area contributed by atoms with Crippen LogP contribution in [0.2, 0.25) is 0 Å². The maximum absolute atomic E-state index is 4.38. The van der Waals surface area contributed by atoms with E-state index in [1.54, 1.807) is 11.0 Å². The topological polar surface area (TPSA) is 58.9 Å². The van der Waals surface area contributed by atoms with Gasteiger partial charge in [-0.05, 0) is 25.9 Å². The summed E-state index contributed by atoms with van der Waals surface area (Å²) >= 11 is 0. The normalized spacial score (nSPS) is 24.8. The van der Waals surface area contributed by atoms with Gasteiger partial charge in [0.2, 0.25) is 0 Å². The zero-order valence-electron chi connectivity index (χ0n) is 11.7. The summed E-state index contributed by atoms with van der Waals surface area (Å²) in [6, 6.07) is 0.467. The summed E-state index contributed by atoms with van der Waals surface area (Å²) < 4.78 is 1.78. The molecule has 3 heterocycles. The molecule has 0 aromatic carbocycles. The van der Waals surface area contributed by atoms with Crippen LogP contribution in [0.3, 0.4) is 0 Å². The Bertz CT molecular complexity index is 578. The lowest BCUT2D eigenvalue weighted by atomic mass is 9.94. The van der Waals surface area contributed by atoms with Crippen LogP contribution in [0.15, 0.2) is 12.5 Å². The molecule has 0 radical (unpaired) electrons. The van der Waals surface area contributed by atoms with Gasteiger partial charge >= 0.3 is 0 Å². The van der Waals surface area contributed by atoms with Crippen molar-refractivity contribution in [1.82, 2.24) is 24.6 Å². The second kappa shape index (κ2) is 4.77. The molecular formula is C13H20N6. The van der Waals surface area contributed by atoms with Gasteiger partial charge in [0.1, 0.15) is 12.1 Å². The number of rotatable bonds is 2. The molecule has 0 spiro atoms. The van der Waals surface area contributed by atoms with Crippen LogP contribution in [0.4, 0.5) is 5.82 Å². The van der Waals surface area contributed by atoms with Crippen LogP contribution < -0.4 is 5.32 Å². The van der Waals surface area contributed by atoms with Crippen LogP contribution in [0.1, 0.15) is 13.3 Å². The number of fused-ring (bicyclic) bond motifs is 1. The molecule has 1 N–H and O–H groups in total. The fourth-order valence-electron chi connectivity index (χ4n) is 2.82. The van der Waals surface area contributed by atoms with E-state index in [1.807, 2.05) is 13.2 Å². The molecule has 19 heavy (non-hydrogen) atoms. The number of nitrogens with one attached hydrogen (secondary N) is 1. The highest BCUT2D eigenvalue weighted by molar-refractivity contribution is 5.86. The largest absolute Gasteiger partial charge is 0.366 e. The van der Waals surface area contributed by atoms with Gasteiger partial charge in [0, 0.05) is 19.6 Å². The van der Waals surface area contributed by atoms with Crippen molar-refractivity contribution >= 4 is 16.9 Å². The minimum Gasteiger partial charge on any atom is -0.366 e. The van der Waals surface area contributed by atoms with Crippen LogP contribution in [0.5, 0.6) is 0 Å². The monoisotopic (exact) mass is 260 g/mol. The molecule has 1 aliphatic rings. The van der Waals surface area contributed by atoms with Gasteiger partial charge < -0.3 is 10.2 Å². The summed E-state index contributed by atoms with van der Waals surface area (Å²) in [5.74, 6) is 1.51. The molecule has 6 nitrogen and oxygen atoms in total. The highest BCUT2D eigenvalue weighted by atomic mass is 15.3. The first-order chi connectivity index (χ1) is 9.15. The second-order valence-electron chi connectivity index (χ2n) is 5.51. The molecule has 2 unspecified atom stereocenters. The lowest BCUT2D eigenvalue weighted by Gasteiger charge is -2.35. The van der Waals surface area contributed by atoms with Gasteiger partial charge in [0.15, 0.2) is 5.65 Å². The van der Waals surface area contributed by atoms with Crippen LogP contribution in [0, 0.1) is 5.92 Å². The van der Waals surface area contributed by atoms with Gasteiger partial charge in [-0.25, -0.2) is 9.97 Å². The SMILES string of the molecule is CC1CN(C)CCC1Nc1ncnc2c1cnn2C. The standard InChI is InChI=1S/C13H20N6/c1-9-7-18(2)5-4-11(9)17-12-10-6-16-19(3)13(10)15-8-14-12/h6,8-9,11H,4-5,7H2,1-3H3,(H,14,15,17). The minimum atomic E-state index is 0.467. The maximum atomic E-state index is 4.38. The summed E-state index contributed by atoms with van der Waals surface area (Å²) in [5, 5.41) is 8.82. The van der Waals surface area contributed by atoms with Crippen molar-refractivity contribution in [3.63, 3.8) is 0 Å². The van der Waals surface area contributed by atoms with Crippen molar-refractivity contribution in [2.75, 3.05) is 25.5 Å². The molecule has 6 heteroatoms. The number of nitrogens with zero attached hydrogens (tertiary/aromatic N) is 5. The Morgan fingerprint density at radius 1 is 1.32 bits per heavy atom. The Morgan fingerprint density at radius 3 is 2.95 bits per heavy atom. The van der Waals surface area contributed by atoms with E-state index in [9.17, 15) is 0 Å². The minimum absolute atomic E-state index is 0.467. The second-order valence-corrected chi connectivity index (χ2v) is 5.51. The van der Waals surface area contributed by atoms with Crippen molar-refractivity contribution in [3.8, 4) is 0 Å². The van der Waals surface area contributed by atoms with Crippen molar-refractivity contribution in [1.29, 1.82) is 0 Å². The van der Waals surface area contributed by atoms with Crippen molar-refractivity contribution < 1.29 is 0 Å². The molecular weight excluding hydrogens is 240 g/mol. The summed E-state index contributed by atoms with van der Waals surface area (Å²) in [7, 11) is 4.08. The smallest absolute Gasteiger partial charge is 0.163 e. The Hall–Kier alpha value is -1.69. The van der Waals surface area contributed by atoms with E-state index in [1.165, 1.54) is 0 Å². The van der Waals surface area contributed by atoms with Crippen LogP contribution in [0.25, 0.3) is 11.0 Å². The van der Waals surface area contributed by atoms with E-state index in [-0.39, 0.29) is 0 Å². The molecule has 1 aliphatic heterocycles. The Balaban J connectivity index is 1.85. The zero-order valence-corrected chi connectivity index (χ0v) is 11.7. The van der Waals surface area contributed by atoms with Crippen molar-refractivity contribution in [2.24, 2.45) is 13.0 Å². The van der Waals surface area contributed by atoms with Crippen LogP contribution in [-0.2, 0) is 7.05 Å². The average Bonchev–Trinajstić information content (AvgIpc) is 2.76.